The summed E-state index contributed by atoms with van der Waals surface area (Å²) < 4.78 is 1.51. The number of fused-ring (bicyclic) bond motifs is 1. The minimum atomic E-state index is -0.103. The molecule has 1 fully saturated rings. The Kier molecular flexibility index (Phi) is 7.80. The largest absolute Gasteiger partial charge is 0.352 e. The molecule has 0 radical (unpaired) electrons. The van der Waals surface area contributed by atoms with E-state index >= 15 is 0 Å². The summed E-state index contributed by atoms with van der Waals surface area (Å²) in [5, 5.41) is 3.67. The van der Waals surface area contributed by atoms with Crippen molar-refractivity contribution in [2.24, 2.45) is 11.7 Å². The summed E-state index contributed by atoms with van der Waals surface area (Å²) in [6.45, 7) is 2.72. The molecule has 1 amide bonds. The van der Waals surface area contributed by atoms with E-state index < -0.39 is 0 Å². The summed E-state index contributed by atoms with van der Waals surface area (Å²) >= 11 is 0. The Bertz CT molecular complexity index is 830. The molecule has 0 saturated heterocycles. The van der Waals surface area contributed by atoms with Gasteiger partial charge in [0.15, 0.2) is 0 Å². The van der Waals surface area contributed by atoms with E-state index in [2.05, 4.69) is 10.3 Å². The van der Waals surface area contributed by atoms with Crippen molar-refractivity contribution in [3.8, 4) is 0 Å². The van der Waals surface area contributed by atoms with Crippen LogP contribution in [0.5, 0.6) is 0 Å². The fourth-order valence-corrected chi connectivity index (χ4v) is 3.90. The number of carbonyl (C=O) groups excluding carboxylic acids is 1. The summed E-state index contributed by atoms with van der Waals surface area (Å²) in [6.07, 6.45) is 7.77. The minimum absolute atomic E-state index is 0. The van der Waals surface area contributed by atoms with Crippen LogP contribution >= 0.6 is 12.4 Å². The van der Waals surface area contributed by atoms with Crippen LogP contribution in [-0.4, -0.2) is 28.0 Å². The lowest BCUT2D eigenvalue weighted by Crippen LogP contribution is -2.46. The van der Waals surface area contributed by atoms with Crippen LogP contribution in [0.2, 0.25) is 0 Å². The number of aryl methyl sites for hydroxylation is 2. The standard InChI is InChI=1S/C20H28N4O2.ClH/c1-14-6-5-9-16-19(14)22-13-24(20(16)26)11-10-18(25)23-17(12-21)15-7-3-2-4-8-15;/h5-6,9,13,15,17H,2-4,7-8,10-12,21H2,1H3,(H,23,25);1H. The number of amides is 1. The molecule has 1 atom stereocenters. The van der Waals surface area contributed by atoms with Crippen molar-refractivity contribution >= 4 is 29.2 Å². The molecule has 2 aromatic rings. The summed E-state index contributed by atoms with van der Waals surface area (Å²) in [7, 11) is 0. The van der Waals surface area contributed by atoms with Crippen LogP contribution in [0.4, 0.5) is 0 Å². The van der Waals surface area contributed by atoms with Gasteiger partial charge in [-0.15, -0.1) is 12.4 Å². The number of nitrogens with two attached hydrogens (primary N) is 1. The maximum Gasteiger partial charge on any atom is 0.261 e. The molecule has 27 heavy (non-hydrogen) atoms. The molecule has 1 aliphatic rings. The summed E-state index contributed by atoms with van der Waals surface area (Å²) in [6, 6.07) is 5.61. The van der Waals surface area contributed by atoms with E-state index in [0.717, 1.165) is 23.9 Å². The number of carbonyl (C=O) groups is 1. The molecule has 1 aromatic carbocycles. The lowest BCUT2D eigenvalue weighted by molar-refractivity contribution is -0.122. The van der Waals surface area contributed by atoms with Crippen molar-refractivity contribution in [3.63, 3.8) is 0 Å². The zero-order chi connectivity index (χ0) is 18.5. The molecule has 3 rings (SSSR count). The normalized spacial score (nSPS) is 15.9. The number of benzene rings is 1. The fraction of sp³-hybridized carbons (Fsp3) is 0.550. The predicted molar refractivity (Wildman–Crippen MR) is 110 cm³/mol. The topological polar surface area (TPSA) is 90.0 Å². The summed E-state index contributed by atoms with van der Waals surface area (Å²) in [5.74, 6) is 0.424. The number of rotatable bonds is 6. The number of para-hydroxylation sites is 1. The Balaban J connectivity index is 0.00000261. The number of hydrogen-bond donors (Lipinski definition) is 2. The molecule has 3 N–H and O–H groups in total. The first kappa shape index (κ1) is 21.4. The van der Waals surface area contributed by atoms with Crippen LogP contribution in [0, 0.1) is 12.8 Å². The zero-order valence-electron chi connectivity index (χ0n) is 15.8. The Hall–Kier alpha value is -1.92. The molecule has 1 saturated carbocycles. The maximum atomic E-state index is 12.6. The van der Waals surface area contributed by atoms with Crippen molar-refractivity contribution in [3.05, 3.63) is 40.4 Å². The highest BCUT2D eigenvalue weighted by molar-refractivity contribution is 5.85. The molecule has 1 aromatic heterocycles. The Morgan fingerprint density at radius 3 is 2.78 bits per heavy atom. The van der Waals surface area contributed by atoms with E-state index in [1.165, 1.54) is 30.2 Å². The van der Waals surface area contributed by atoms with Gasteiger partial charge in [-0.05, 0) is 37.3 Å². The van der Waals surface area contributed by atoms with Gasteiger partial charge in [-0.25, -0.2) is 4.98 Å². The van der Waals surface area contributed by atoms with Gasteiger partial charge in [0.25, 0.3) is 5.56 Å². The van der Waals surface area contributed by atoms with Crippen LogP contribution in [0.3, 0.4) is 0 Å². The summed E-state index contributed by atoms with van der Waals surface area (Å²) in [4.78, 5) is 29.3. The lowest BCUT2D eigenvalue weighted by atomic mass is 9.84. The first-order valence-corrected chi connectivity index (χ1v) is 9.54. The smallest absolute Gasteiger partial charge is 0.261 e. The van der Waals surface area contributed by atoms with Crippen molar-refractivity contribution in [2.75, 3.05) is 6.54 Å². The predicted octanol–water partition coefficient (Wildman–Crippen LogP) is 2.54. The Morgan fingerprint density at radius 1 is 1.33 bits per heavy atom. The maximum absolute atomic E-state index is 12.6. The highest BCUT2D eigenvalue weighted by Gasteiger charge is 2.23. The van der Waals surface area contributed by atoms with Crippen molar-refractivity contribution in [1.29, 1.82) is 0 Å². The van der Waals surface area contributed by atoms with Crippen LogP contribution < -0.4 is 16.6 Å². The van der Waals surface area contributed by atoms with Gasteiger partial charge in [0.2, 0.25) is 5.91 Å². The van der Waals surface area contributed by atoms with Gasteiger partial charge >= 0.3 is 0 Å². The van der Waals surface area contributed by atoms with Gasteiger partial charge < -0.3 is 11.1 Å². The number of aromatic nitrogens is 2. The van der Waals surface area contributed by atoms with E-state index in [9.17, 15) is 9.59 Å². The summed E-state index contributed by atoms with van der Waals surface area (Å²) in [5.41, 5.74) is 7.47. The van der Waals surface area contributed by atoms with E-state index in [1.54, 1.807) is 6.07 Å². The van der Waals surface area contributed by atoms with Crippen LogP contribution in [0.1, 0.15) is 44.1 Å². The van der Waals surface area contributed by atoms with Crippen molar-refractivity contribution < 1.29 is 4.79 Å². The van der Waals surface area contributed by atoms with E-state index in [-0.39, 0.29) is 36.3 Å². The number of halogens is 1. The molecular weight excluding hydrogens is 364 g/mol. The van der Waals surface area contributed by atoms with Gasteiger partial charge in [0, 0.05) is 25.6 Å². The Labute approximate surface area is 166 Å². The second-order valence-electron chi connectivity index (χ2n) is 7.27. The van der Waals surface area contributed by atoms with Gasteiger partial charge in [-0.1, -0.05) is 31.4 Å². The molecule has 0 spiro atoms. The highest BCUT2D eigenvalue weighted by Crippen LogP contribution is 2.26. The van der Waals surface area contributed by atoms with E-state index in [0.29, 0.717) is 24.4 Å². The first-order valence-electron chi connectivity index (χ1n) is 9.54. The van der Waals surface area contributed by atoms with Crippen LogP contribution in [0.15, 0.2) is 29.3 Å². The van der Waals surface area contributed by atoms with Gasteiger partial charge in [-0.3, -0.25) is 14.2 Å². The average molecular weight is 393 g/mol. The molecule has 7 heteroatoms. The third-order valence-electron chi connectivity index (χ3n) is 5.45. The molecule has 1 unspecified atom stereocenters. The third-order valence-corrected chi connectivity index (χ3v) is 5.45. The molecule has 0 aliphatic heterocycles. The molecule has 0 bridgehead atoms. The number of hydrogen-bond acceptors (Lipinski definition) is 4. The highest BCUT2D eigenvalue weighted by atomic mass is 35.5. The first-order chi connectivity index (χ1) is 12.6. The SMILES string of the molecule is Cc1cccc2c(=O)n(CCC(=O)NC(CN)C3CCCCC3)cnc12.Cl. The quantitative estimate of drug-likeness (QED) is 0.790. The minimum Gasteiger partial charge on any atom is -0.352 e. The third kappa shape index (κ3) is 5.08. The average Bonchev–Trinajstić information content (AvgIpc) is 2.67. The Morgan fingerprint density at radius 2 is 2.07 bits per heavy atom. The van der Waals surface area contributed by atoms with Crippen LogP contribution in [-0.2, 0) is 11.3 Å². The molecule has 148 valence electrons. The molecular formula is C20H29ClN4O2. The van der Waals surface area contributed by atoms with Gasteiger partial charge in [-0.2, -0.15) is 0 Å². The van der Waals surface area contributed by atoms with Crippen LogP contribution in [0.25, 0.3) is 10.9 Å². The van der Waals surface area contributed by atoms with E-state index in [4.69, 9.17) is 5.73 Å². The van der Waals surface area contributed by atoms with Crippen molar-refractivity contribution in [2.45, 2.75) is 58.0 Å². The number of nitrogens with zero attached hydrogens (tertiary/aromatic N) is 2. The lowest BCUT2D eigenvalue weighted by Gasteiger charge is -2.30. The van der Waals surface area contributed by atoms with Gasteiger partial charge in [0.05, 0.1) is 17.2 Å². The fourth-order valence-electron chi connectivity index (χ4n) is 3.90. The van der Waals surface area contributed by atoms with Crippen molar-refractivity contribution in [1.82, 2.24) is 14.9 Å². The van der Waals surface area contributed by atoms with Gasteiger partial charge in [0.1, 0.15) is 0 Å². The monoisotopic (exact) mass is 392 g/mol. The number of nitrogens with one attached hydrogen (secondary N) is 1. The second kappa shape index (κ2) is 9.85. The molecule has 1 heterocycles. The molecule has 6 nitrogen and oxygen atoms in total. The molecule has 1 aliphatic carbocycles. The zero-order valence-corrected chi connectivity index (χ0v) is 16.6. The second-order valence-corrected chi connectivity index (χ2v) is 7.27. The van der Waals surface area contributed by atoms with E-state index in [1.807, 2.05) is 19.1 Å².